The first-order chi connectivity index (χ1) is 13.0. The number of nitrogens with one attached hydrogen (secondary N) is 1. The molecule has 0 atom stereocenters. The molecule has 1 amide bonds. The summed E-state index contributed by atoms with van der Waals surface area (Å²) in [6.45, 7) is 2.21. The van der Waals surface area contributed by atoms with E-state index in [2.05, 4.69) is 10.3 Å². The van der Waals surface area contributed by atoms with E-state index >= 15 is 0 Å². The van der Waals surface area contributed by atoms with E-state index in [9.17, 15) is 4.79 Å². The number of hydrogen-bond donors (Lipinski definition) is 1. The molecular formula is C21H19ClN2O3. The highest BCUT2D eigenvalue weighted by Gasteiger charge is 2.11. The Hall–Kier alpha value is -2.89. The number of benzene rings is 2. The van der Waals surface area contributed by atoms with Gasteiger partial charge in [0.25, 0.3) is 5.91 Å². The number of nitrogens with zero attached hydrogens (tertiary/aromatic N) is 1. The van der Waals surface area contributed by atoms with Crippen LogP contribution in [-0.4, -0.2) is 18.0 Å². The van der Waals surface area contributed by atoms with Gasteiger partial charge in [-0.2, -0.15) is 0 Å². The predicted octanol–water partition coefficient (Wildman–Crippen LogP) is 5.23. The monoisotopic (exact) mass is 382 g/mol. The molecule has 27 heavy (non-hydrogen) atoms. The largest absolute Gasteiger partial charge is 0.457 e. The molecule has 0 aliphatic carbocycles. The summed E-state index contributed by atoms with van der Waals surface area (Å²) in [4.78, 5) is 17.0. The number of aryl methyl sites for hydroxylation is 1. The first-order valence-electron chi connectivity index (χ1n) is 8.35. The summed E-state index contributed by atoms with van der Waals surface area (Å²) in [5.74, 6) is 1.05. The Labute approximate surface area is 162 Å². The highest BCUT2D eigenvalue weighted by atomic mass is 35.5. The quantitative estimate of drug-likeness (QED) is 0.633. The number of amides is 1. The molecule has 138 valence electrons. The summed E-state index contributed by atoms with van der Waals surface area (Å²) in [6.07, 6.45) is 0. The Balaban J connectivity index is 1.72. The van der Waals surface area contributed by atoms with Crippen molar-refractivity contribution in [2.75, 3.05) is 12.4 Å². The minimum atomic E-state index is -0.229. The average molecular weight is 383 g/mol. The Morgan fingerprint density at radius 2 is 1.85 bits per heavy atom. The number of rotatable bonds is 6. The van der Waals surface area contributed by atoms with Gasteiger partial charge in [-0.25, -0.2) is 0 Å². The second-order valence-corrected chi connectivity index (χ2v) is 6.34. The second kappa shape index (κ2) is 8.66. The van der Waals surface area contributed by atoms with Crippen molar-refractivity contribution in [1.82, 2.24) is 4.98 Å². The van der Waals surface area contributed by atoms with Gasteiger partial charge in [-0.1, -0.05) is 17.7 Å². The van der Waals surface area contributed by atoms with Crippen LogP contribution in [0.2, 0.25) is 5.02 Å². The van der Waals surface area contributed by atoms with Gasteiger partial charge in [0.15, 0.2) is 0 Å². The van der Waals surface area contributed by atoms with E-state index < -0.39 is 0 Å². The third-order valence-electron chi connectivity index (χ3n) is 3.82. The number of carbonyl (C=O) groups excluding carboxylic acids is 1. The van der Waals surface area contributed by atoms with Crippen molar-refractivity contribution in [3.05, 3.63) is 82.6 Å². The highest BCUT2D eigenvalue weighted by Crippen LogP contribution is 2.25. The fourth-order valence-corrected chi connectivity index (χ4v) is 2.68. The molecule has 1 heterocycles. The van der Waals surface area contributed by atoms with Gasteiger partial charge in [0.1, 0.15) is 11.5 Å². The number of ether oxygens (including phenoxy) is 2. The van der Waals surface area contributed by atoms with Gasteiger partial charge in [0, 0.05) is 23.9 Å². The zero-order chi connectivity index (χ0) is 19.2. The number of hydrogen-bond acceptors (Lipinski definition) is 4. The number of pyridine rings is 1. The zero-order valence-corrected chi connectivity index (χ0v) is 15.8. The Morgan fingerprint density at radius 1 is 1.07 bits per heavy atom. The number of carbonyl (C=O) groups is 1. The second-order valence-electron chi connectivity index (χ2n) is 5.91. The van der Waals surface area contributed by atoms with Crippen molar-refractivity contribution in [2.45, 2.75) is 13.5 Å². The van der Waals surface area contributed by atoms with Gasteiger partial charge in [-0.3, -0.25) is 9.78 Å². The molecule has 0 aliphatic heterocycles. The van der Waals surface area contributed by atoms with Crippen LogP contribution in [0.5, 0.6) is 11.5 Å². The van der Waals surface area contributed by atoms with E-state index in [1.807, 2.05) is 12.1 Å². The van der Waals surface area contributed by atoms with Crippen molar-refractivity contribution >= 4 is 23.2 Å². The molecule has 0 aliphatic rings. The van der Waals surface area contributed by atoms with Crippen LogP contribution >= 0.6 is 11.6 Å². The van der Waals surface area contributed by atoms with Crippen molar-refractivity contribution in [3.8, 4) is 11.5 Å². The van der Waals surface area contributed by atoms with E-state index in [1.54, 1.807) is 62.6 Å². The number of aromatic nitrogens is 1. The predicted molar refractivity (Wildman–Crippen MR) is 106 cm³/mol. The fraction of sp³-hybridized carbons (Fsp3) is 0.143. The number of anilines is 1. The Kier molecular flexibility index (Phi) is 6.06. The molecule has 0 saturated carbocycles. The van der Waals surface area contributed by atoms with Crippen molar-refractivity contribution in [2.24, 2.45) is 0 Å². The lowest BCUT2D eigenvalue weighted by Gasteiger charge is -2.11. The molecule has 0 spiro atoms. The summed E-state index contributed by atoms with van der Waals surface area (Å²) in [5.41, 5.74) is 2.58. The van der Waals surface area contributed by atoms with Crippen LogP contribution in [0.15, 0.2) is 60.7 Å². The molecule has 6 heteroatoms. The summed E-state index contributed by atoms with van der Waals surface area (Å²) >= 11 is 5.88. The van der Waals surface area contributed by atoms with E-state index in [1.165, 1.54) is 0 Å². The molecule has 1 N–H and O–H groups in total. The number of methoxy groups -OCH3 is 1. The molecule has 0 bridgehead atoms. The topological polar surface area (TPSA) is 60.5 Å². The Morgan fingerprint density at radius 3 is 2.56 bits per heavy atom. The maximum Gasteiger partial charge on any atom is 0.257 e. The molecule has 3 rings (SSSR count). The van der Waals surface area contributed by atoms with E-state index in [0.717, 1.165) is 5.69 Å². The smallest absolute Gasteiger partial charge is 0.257 e. The molecule has 0 saturated heterocycles. The first-order valence-corrected chi connectivity index (χ1v) is 8.73. The van der Waals surface area contributed by atoms with Gasteiger partial charge in [-0.05, 0) is 55.5 Å². The highest BCUT2D eigenvalue weighted by molar-refractivity contribution is 6.30. The van der Waals surface area contributed by atoms with Crippen molar-refractivity contribution < 1.29 is 14.3 Å². The van der Waals surface area contributed by atoms with E-state index in [0.29, 0.717) is 40.1 Å². The minimum absolute atomic E-state index is 0.229. The average Bonchev–Trinajstić information content (AvgIpc) is 2.64. The molecule has 2 aromatic carbocycles. The van der Waals surface area contributed by atoms with Crippen LogP contribution in [0.4, 0.5) is 5.69 Å². The van der Waals surface area contributed by atoms with Crippen LogP contribution < -0.4 is 10.1 Å². The van der Waals surface area contributed by atoms with Gasteiger partial charge < -0.3 is 14.8 Å². The molecule has 0 radical (unpaired) electrons. The third-order valence-corrected chi connectivity index (χ3v) is 4.07. The maximum atomic E-state index is 12.6. The summed E-state index contributed by atoms with van der Waals surface area (Å²) in [7, 11) is 1.61. The van der Waals surface area contributed by atoms with E-state index in [4.69, 9.17) is 21.1 Å². The van der Waals surface area contributed by atoms with Crippen LogP contribution in [0.25, 0.3) is 0 Å². The summed E-state index contributed by atoms with van der Waals surface area (Å²) in [5, 5.41) is 3.52. The van der Waals surface area contributed by atoms with Crippen LogP contribution in [0, 0.1) is 6.92 Å². The van der Waals surface area contributed by atoms with Gasteiger partial charge in [-0.15, -0.1) is 0 Å². The molecular weight excluding hydrogens is 364 g/mol. The molecule has 3 aromatic rings. The molecule has 0 unspecified atom stereocenters. The lowest BCUT2D eigenvalue weighted by molar-refractivity contribution is 0.102. The fourth-order valence-electron chi connectivity index (χ4n) is 2.56. The van der Waals surface area contributed by atoms with Crippen LogP contribution in [-0.2, 0) is 11.3 Å². The van der Waals surface area contributed by atoms with E-state index in [-0.39, 0.29) is 5.91 Å². The van der Waals surface area contributed by atoms with Crippen molar-refractivity contribution in [1.29, 1.82) is 0 Å². The van der Waals surface area contributed by atoms with Crippen LogP contribution in [0.3, 0.4) is 0 Å². The zero-order valence-electron chi connectivity index (χ0n) is 15.0. The summed E-state index contributed by atoms with van der Waals surface area (Å²) in [6, 6.07) is 17.8. The standard InChI is InChI=1S/C21H19ClN2O3/c1-14-20(11-8-17(23-14)13-26-2)21(25)24-16-4-3-5-19(12-16)27-18-9-6-15(22)7-10-18/h3-12H,13H2,1-2H3,(H,24,25). The normalized spacial score (nSPS) is 10.5. The minimum Gasteiger partial charge on any atom is -0.457 e. The van der Waals surface area contributed by atoms with Gasteiger partial charge in [0.05, 0.1) is 23.6 Å². The molecule has 1 aromatic heterocycles. The van der Waals surface area contributed by atoms with Gasteiger partial charge in [0.2, 0.25) is 0 Å². The molecule has 0 fully saturated rings. The Bertz CT molecular complexity index is 942. The first kappa shape index (κ1) is 18.9. The molecule has 5 nitrogen and oxygen atoms in total. The lowest BCUT2D eigenvalue weighted by Crippen LogP contribution is -2.14. The SMILES string of the molecule is COCc1ccc(C(=O)Nc2cccc(Oc3ccc(Cl)cc3)c2)c(C)n1. The lowest BCUT2D eigenvalue weighted by atomic mass is 10.1. The number of halogens is 1. The van der Waals surface area contributed by atoms with Crippen molar-refractivity contribution in [3.63, 3.8) is 0 Å². The third kappa shape index (κ3) is 5.06. The van der Waals surface area contributed by atoms with Crippen LogP contribution in [0.1, 0.15) is 21.7 Å². The summed E-state index contributed by atoms with van der Waals surface area (Å²) < 4.78 is 10.9. The van der Waals surface area contributed by atoms with Gasteiger partial charge >= 0.3 is 0 Å². The maximum absolute atomic E-state index is 12.6.